The average Bonchev–Trinajstić information content (AvgIpc) is 2.93. The third-order valence-corrected chi connectivity index (χ3v) is 4.76. The molecule has 128 valence electrons. The molecule has 1 aromatic carbocycles. The Labute approximate surface area is 148 Å². The molecule has 0 radical (unpaired) electrons. The molecular weight excluding hydrogens is 374 g/mol. The van der Waals surface area contributed by atoms with Crippen LogP contribution in [-0.2, 0) is 26.4 Å². The summed E-state index contributed by atoms with van der Waals surface area (Å²) in [5.41, 5.74) is 4.34. The van der Waals surface area contributed by atoms with Crippen molar-refractivity contribution in [3.05, 3.63) is 44.7 Å². The summed E-state index contributed by atoms with van der Waals surface area (Å²) < 4.78 is 0.619. The van der Waals surface area contributed by atoms with Crippen molar-refractivity contribution in [1.29, 1.82) is 5.26 Å². The van der Waals surface area contributed by atoms with Gasteiger partial charge in [-0.1, -0.05) is 19.1 Å². The van der Waals surface area contributed by atoms with Crippen LogP contribution in [0.15, 0.2) is 16.6 Å². The molecule has 24 heavy (non-hydrogen) atoms. The number of hydrogen-bond acceptors (Lipinski definition) is 5. The first-order valence-corrected chi connectivity index (χ1v) is 8.39. The number of nitrogens with one attached hydrogen (secondary N) is 2. The van der Waals surface area contributed by atoms with Crippen LogP contribution < -0.4 is 5.32 Å². The molecule has 2 rings (SSSR count). The fraction of sp³-hybridized carbons (Fsp3) is 0.353. The summed E-state index contributed by atoms with van der Waals surface area (Å²) in [6.07, 6.45) is 0. The van der Waals surface area contributed by atoms with Crippen molar-refractivity contribution in [3.63, 3.8) is 0 Å². The summed E-state index contributed by atoms with van der Waals surface area (Å²) in [6.45, 7) is 2.52. The van der Waals surface area contributed by atoms with E-state index in [1.807, 2.05) is 6.92 Å². The van der Waals surface area contributed by atoms with Crippen LogP contribution in [0.3, 0.4) is 0 Å². The van der Waals surface area contributed by atoms with Gasteiger partial charge in [0, 0.05) is 17.8 Å². The molecule has 0 bridgehead atoms. The van der Waals surface area contributed by atoms with Gasteiger partial charge in [0.25, 0.3) is 0 Å². The van der Waals surface area contributed by atoms with Crippen LogP contribution >= 0.6 is 15.9 Å². The summed E-state index contributed by atoms with van der Waals surface area (Å²) in [5.74, 6) is 0. The van der Waals surface area contributed by atoms with Crippen molar-refractivity contribution in [2.24, 2.45) is 0 Å². The molecule has 0 saturated carbocycles. The Balaban J connectivity index is 2.71. The van der Waals surface area contributed by atoms with Crippen molar-refractivity contribution in [1.82, 2.24) is 10.3 Å². The molecule has 2 aromatic rings. The quantitative estimate of drug-likeness (QED) is 0.493. The molecule has 0 saturated heterocycles. The number of aromatic amines is 1. The van der Waals surface area contributed by atoms with Crippen molar-refractivity contribution in [3.8, 4) is 17.2 Å². The third-order valence-electron chi connectivity index (χ3n) is 3.96. The Morgan fingerprint density at radius 1 is 1.17 bits per heavy atom. The molecule has 0 aliphatic heterocycles. The Morgan fingerprint density at radius 2 is 1.88 bits per heavy atom. The molecule has 0 aliphatic carbocycles. The van der Waals surface area contributed by atoms with Crippen LogP contribution in [0.2, 0.25) is 0 Å². The molecular formula is C17H20BrN3O3. The molecule has 5 N–H and O–H groups in total. The maximum absolute atomic E-state index is 9.83. The lowest BCUT2D eigenvalue weighted by Crippen LogP contribution is -2.13. The van der Waals surface area contributed by atoms with E-state index in [1.54, 1.807) is 12.1 Å². The summed E-state index contributed by atoms with van der Waals surface area (Å²) in [4.78, 5) is 3.09. The van der Waals surface area contributed by atoms with Gasteiger partial charge in [-0.2, -0.15) is 5.26 Å². The van der Waals surface area contributed by atoms with Gasteiger partial charge >= 0.3 is 0 Å². The second-order valence-corrected chi connectivity index (χ2v) is 6.06. The van der Waals surface area contributed by atoms with Gasteiger partial charge in [0.1, 0.15) is 11.8 Å². The maximum Gasteiger partial charge on any atom is 0.132 e. The van der Waals surface area contributed by atoms with Gasteiger partial charge in [0.15, 0.2) is 0 Å². The number of benzene rings is 1. The number of aliphatic hydroxyl groups is 3. The number of aromatic nitrogens is 1. The highest BCUT2D eigenvalue weighted by atomic mass is 79.9. The first-order valence-electron chi connectivity index (χ1n) is 7.60. The second-order valence-electron chi connectivity index (χ2n) is 5.26. The topological polar surface area (TPSA) is 112 Å². The first-order chi connectivity index (χ1) is 11.6. The van der Waals surface area contributed by atoms with Crippen LogP contribution in [-0.4, -0.2) is 26.8 Å². The standard InChI is InChI=1S/C17H20BrN3O3/c1-2-20-6-15-16(17(18)14(5-19)21-15)11-4-3-10(7-22)12(8-23)13(11)9-24/h3-4,20-24H,2,6-9H2,1H3. The molecule has 6 nitrogen and oxygen atoms in total. The Hall–Kier alpha value is -1.69. The van der Waals surface area contributed by atoms with E-state index in [4.69, 9.17) is 0 Å². The van der Waals surface area contributed by atoms with Gasteiger partial charge in [-0.15, -0.1) is 0 Å². The van der Waals surface area contributed by atoms with Crippen LogP contribution in [0, 0.1) is 11.3 Å². The predicted octanol–water partition coefficient (Wildman–Crippen LogP) is 1.90. The lowest BCUT2D eigenvalue weighted by atomic mass is 9.92. The van der Waals surface area contributed by atoms with Gasteiger partial charge < -0.3 is 25.6 Å². The molecule has 0 amide bonds. The van der Waals surface area contributed by atoms with Crippen molar-refractivity contribution < 1.29 is 15.3 Å². The summed E-state index contributed by atoms with van der Waals surface area (Å²) in [6, 6.07) is 5.63. The fourth-order valence-corrected chi connectivity index (χ4v) is 3.41. The van der Waals surface area contributed by atoms with Crippen molar-refractivity contribution >= 4 is 15.9 Å². The van der Waals surface area contributed by atoms with Crippen LogP contribution in [0.5, 0.6) is 0 Å². The number of halogens is 1. The van der Waals surface area contributed by atoms with Crippen molar-refractivity contribution in [2.45, 2.75) is 33.3 Å². The maximum atomic E-state index is 9.83. The summed E-state index contributed by atoms with van der Waals surface area (Å²) >= 11 is 3.46. The Morgan fingerprint density at radius 3 is 2.42 bits per heavy atom. The summed E-state index contributed by atoms with van der Waals surface area (Å²) in [7, 11) is 0. The SMILES string of the molecule is CCNCc1[nH]c(C#N)c(Br)c1-c1ccc(CO)c(CO)c1CO. The average molecular weight is 394 g/mol. The number of rotatable bonds is 7. The number of aliphatic hydroxyl groups excluding tert-OH is 3. The zero-order valence-electron chi connectivity index (χ0n) is 13.4. The Kier molecular flexibility index (Phi) is 6.54. The van der Waals surface area contributed by atoms with Crippen LogP contribution in [0.1, 0.15) is 35.0 Å². The van der Waals surface area contributed by atoms with Gasteiger partial charge in [-0.25, -0.2) is 0 Å². The van der Waals surface area contributed by atoms with E-state index in [9.17, 15) is 20.6 Å². The highest BCUT2D eigenvalue weighted by molar-refractivity contribution is 9.10. The van der Waals surface area contributed by atoms with Crippen LogP contribution in [0.4, 0.5) is 0 Å². The number of hydrogen-bond donors (Lipinski definition) is 5. The fourth-order valence-electron chi connectivity index (χ4n) is 2.77. The largest absolute Gasteiger partial charge is 0.392 e. The minimum atomic E-state index is -0.282. The second kappa shape index (κ2) is 8.42. The van der Waals surface area contributed by atoms with E-state index in [-0.39, 0.29) is 19.8 Å². The minimum absolute atomic E-state index is 0.217. The number of nitrogens with zero attached hydrogens (tertiary/aromatic N) is 1. The van der Waals surface area contributed by atoms with Crippen molar-refractivity contribution in [2.75, 3.05) is 6.54 Å². The minimum Gasteiger partial charge on any atom is -0.392 e. The zero-order valence-corrected chi connectivity index (χ0v) is 14.9. The number of nitriles is 1. The predicted molar refractivity (Wildman–Crippen MR) is 93.8 cm³/mol. The molecule has 0 fully saturated rings. The molecule has 0 aliphatic rings. The van der Waals surface area contributed by atoms with Gasteiger partial charge in [0.2, 0.25) is 0 Å². The lowest BCUT2D eigenvalue weighted by Gasteiger charge is -2.16. The highest BCUT2D eigenvalue weighted by Crippen LogP contribution is 2.38. The molecule has 7 heteroatoms. The molecule has 0 spiro atoms. The van der Waals surface area contributed by atoms with E-state index < -0.39 is 0 Å². The van der Waals surface area contributed by atoms with E-state index in [1.165, 1.54) is 0 Å². The number of H-pyrrole nitrogens is 1. The van der Waals surface area contributed by atoms with E-state index in [0.717, 1.165) is 23.4 Å². The normalized spacial score (nSPS) is 10.8. The highest BCUT2D eigenvalue weighted by Gasteiger charge is 2.21. The molecule has 0 unspecified atom stereocenters. The van der Waals surface area contributed by atoms with Crippen LogP contribution in [0.25, 0.3) is 11.1 Å². The first kappa shape index (κ1) is 18.6. The zero-order chi connectivity index (χ0) is 17.7. The molecule has 0 atom stereocenters. The van der Waals surface area contributed by atoms with E-state index >= 15 is 0 Å². The Bertz CT molecular complexity index is 765. The smallest absolute Gasteiger partial charge is 0.132 e. The van der Waals surface area contributed by atoms with E-state index in [2.05, 4.69) is 32.3 Å². The van der Waals surface area contributed by atoms with E-state index in [0.29, 0.717) is 33.4 Å². The monoisotopic (exact) mass is 393 g/mol. The van der Waals surface area contributed by atoms with Gasteiger partial charge in [-0.3, -0.25) is 0 Å². The summed E-state index contributed by atoms with van der Waals surface area (Å²) in [5, 5.41) is 41.4. The van der Waals surface area contributed by atoms with Gasteiger partial charge in [-0.05, 0) is 44.7 Å². The molecule has 1 heterocycles. The lowest BCUT2D eigenvalue weighted by molar-refractivity contribution is 0.248. The third kappa shape index (κ3) is 3.38. The van der Waals surface area contributed by atoms with Gasteiger partial charge in [0.05, 0.1) is 24.3 Å². The molecule has 1 aromatic heterocycles.